The summed E-state index contributed by atoms with van der Waals surface area (Å²) in [5.74, 6) is -4.18. The third-order valence-corrected chi connectivity index (χ3v) is 4.51. The molecule has 0 heterocycles. The summed E-state index contributed by atoms with van der Waals surface area (Å²) in [6.45, 7) is 5.13. The van der Waals surface area contributed by atoms with E-state index in [1.165, 1.54) is 19.1 Å². The van der Waals surface area contributed by atoms with Crippen molar-refractivity contribution in [1.82, 2.24) is 0 Å². The topological polar surface area (TPSA) is 69.2 Å². The van der Waals surface area contributed by atoms with Crippen molar-refractivity contribution in [3.63, 3.8) is 0 Å². The largest absolute Gasteiger partial charge is 0.550 e. The molecule has 0 aliphatic rings. The maximum atomic E-state index is 12.9. The summed E-state index contributed by atoms with van der Waals surface area (Å²) < 4.78 is 38.6. The lowest BCUT2D eigenvalue weighted by molar-refractivity contribution is -0.312. The second-order valence-corrected chi connectivity index (χ2v) is 6.98. The third-order valence-electron chi connectivity index (χ3n) is 4.51. The number of amides is 1. The quantitative estimate of drug-likeness (QED) is 0.818. The summed E-state index contributed by atoms with van der Waals surface area (Å²) in [6.07, 6.45) is -4.42. The third kappa shape index (κ3) is 5.58. The Labute approximate surface area is 161 Å². The summed E-state index contributed by atoms with van der Waals surface area (Å²) in [5.41, 5.74) is 1.76. The van der Waals surface area contributed by atoms with E-state index in [1.54, 1.807) is 0 Å². The van der Waals surface area contributed by atoms with Crippen LogP contribution in [-0.2, 0) is 22.2 Å². The van der Waals surface area contributed by atoms with E-state index in [-0.39, 0.29) is 12.1 Å². The molecule has 0 aliphatic heterocycles. The Morgan fingerprint density at radius 3 is 2.21 bits per heavy atom. The lowest BCUT2D eigenvalue weighted by atomic mass is 9.86. The van der Waals surface area contributed by atoms with Gasteiger partial charge in [0, 0.05) is 17.6 Å². The molecule has 0 fully saturated rings. The van der Waals surface area contributed by atoms with Crippen molar-refractivity contribution in [2.45, 2.75) is 33.4 Å². The highest BCUT2D eigenvalue weighted by atomic mass is 19.4. The molecule has 4 nitrogen and oxygen atoms in total. The van der Waals surface area contributed by atoms with Crippen molar-refractivity contribution in [2.24, 2.45) is 11.8 Å². The molecule has 0 unspecified atom stereocenters. The number of rotatable bonds is 6. The first-order valence-corrected chi connectivity index (χ1v) is 8.73. The second kappa shape index (κ2) is 8.46. The number of halogens is 3. The van der Waals surface area contributed by atoms with Crippen LogP contribution in [0.3, 0.4) is 0 Å². The van der Waals surface area contributed by atoms with E-state index in [9.17, 15) is 27.9 Å². The molecule has 0 saturated carbocycles. The molecule has 0 radical (unpaired) electrons. The summed E-state index contributed by atoms with van der Waals surface area (Å²) in [6, 6.07) is 9.86. The summed E-state index contributed by atoms with van der Waals surface area (Å²) in [7, 11) is 0. The van der Waals surface area contributed by atoms with Gasteiger partial charge in [0.25, 0.3) is 0 Å². The molecule has 2 atom stereocenters. The monoisotopic (exact) mass is 392 g/mol. The van der Waals surface area contributed by atoms with Crippen molar-refractivity contribution in [3.8, 4) is 0 Å². The fraction of sp³-hybridized carbons (Fsp3) is 0.333. The van der Waals surface area contributed by atoms with Gasteiger partial charge in [-0.25, -0.2) is 0 Å². The van der Waals surface area contributed by atoms with Crippen molar-refractivity contribution >= 4 is 17.6 Å². The summed E-state index contributed by atoms with van der Waals surface area (Å²) >= 11 is 0. The first-order chi connectivity index (χ1) is 13.0. The van der Waals surface area contributed by atoms with Crippen LogP contribution in [0, 0.1) is 25.7 Å². The number of nitrogens with one attached hydrogen (secondary N) is 1. The molecule has 28 heavy (non-hydrogen) atoms. The Balaban J connectivity index is 2.28. The number of aliphatic carboxylic acids is 1. The van der Waals surface area contributed by atoms with Gasteiger partial charge in [-0.15, -0.1) is 0 Å². The van der Waals surface area contributed by atoms with Crippen molar-refractivity contribution in [1.29, 1.82) is 0 Å². The molecule has 0 spiro atoms. The standard InChI is InChI=1S/C21H22F3NO3/c1-12-7-13(2)9-15(8-12)10-18(14(3)20(27)28)19(26)25-17-6-4-5-16(11-17)21(22,23)24/h4-9,11,14,18H,10H2,1-3H3,(H,25,26)(H,27,28)/p-1/t14-,18-/m1/s1. The molecule has 150 valence electrons. The second-order valence-electron chi connectivity index (χ2n) is 6.98. The van der Waals surface area contributed by atoms with E-state index in [4.69, 9.17) is 0 Å². The van der Waals surface area contributed by atoms with Gasteiger partial charge in [0.15, 0.2) is 0 Å². The van der Waals surface area contributed by atoms with E-state index in [0.717, 1.165) is 28.8 Å². The van der Waals surface area contributed by atoms with Gasteiger partial charge in [-0.1, -0.05) is 42.3 Å². The van der Waals surface area contributed by atoms with E-state index in [1.807, 2.05) is 32.0 Å². The van der Waals surface area contributed by atoms with E-state index >= 15 is 0 Å². The molecular weight excluding hydrogens is 371 g/mol. The van der Waals surface area contributed by atoms with E-state index in [0.29, 0.717) is 0 Å². The number of carbonyl (C=O) groups excluding carboxylic acids is 2. The molecule has 0 aromatic heterocycles. The maximum absolute atomic E-state index is 12.9. The van der Waals surface area contributed by atoms with Crippen LogP contribution in [0.1, 0.15) is 29.2 Å². The molecule has 2 aromatic rings. The highest BCUT2D eigenvalue weighted by Gasteiger charge is 2.31. The molecule has 1 amide bonds. The van der Waals surface area contributed by atoms with Gasteiger partial charge in [0.2, 0.25) is 5.91 Å². The maximum Gasteiger partial charge on any atom is 0.416 e. The van der Waals surface area contributed by atoms with Crippen molar-refractivity contribution in [3.05, 3.63) is 64.7 Å². The SMILES string of the molecule is Cc1cc(C)cc(C[C@@H](C(=O)Nc2cccc(C(F)(F)F)c2)[C@@H](C)C(=O)[O-])c1. The predicted molar refractivity (Wildman–Crippen MR) is 97.4 cm³/mol. The van der Waals surface area contributed by atoms with Crippen LogP contribution in [0.4, 0.5) is 18.9 Å². The van der Waals surface area contributed by atoms with Crippen molar-refractivity contribution in [2.75, 3.05) is 5.32 Å². The molecular formula is C21H21F3NO3-. The summed E-state index contributed by atoms with van der Waals surface area (Å²) in [4.78, 5) is 24.1. The number of carbonyl (C=O) groups is 2. The van der Waals surface area contributed by atoms with Crippen LogP contribution in [-0.4, -0.2) is 11.9 Å². The number of alkyl halides is 3. The number of benzene rings is 2. The normalized spacial score (nSPS) is 13.6. The number of aryl methyl sites for hydroxylation is 2. The molecule has 0 aliphatic carbocycles. The Kier molecular flexibility index (Phi) is 6.48. The average Bonchev–Trinajstić information content (AvgIpc) is 2.57. The zero-order valence-corrected chi connectivity index (χ0v) is 15.8. The molecule has 2 aromatic carbocycles. The molecule has 0 saturated heterocycles. The minimum Gasteiger partial charge on any atom is -0.550 e. The van der Waals surface area contributed by atoms with Gasteiger partial charge in [0.1, 0.15) is 0 Å². The lowest BCUT2D eigenvalue weighted by Gasteiger charge is -2.24. The minimum absolute atomic E-state index is 0.0456. The smallest absolute Gasteiger partial charge is 0.416 e. The van der Waals surface area contributed by atoms with E-state index in [2.05, 4.69) is 5.32 Å². The lowest BCUT2D eigenvalue weighted by Crippen LogP contribution is -2.40. The predicted octanol–water partition coefficient (Wildman–Crippen LogP) is 3.51. The fourth-order valence-corrected chi connectivity index (χ4v) is 3.11. The van der Waals surface area contributed by atoms with Gasteiger partial charge in [-0.3, -0.25) is 4.79 Å². The molecule has 0 bridgehead atoms. The Bertz CT molecular complexity index is 857. The Morgan fingerprint density at radius 1 is 1.07 bits per heavy atom. The zero-order valence-electron chi connectivity index (χ0n) is 15.8. The Morgan fingerprint density at radius 2 is 1.68 bits per heavy atom. The van der Waals surface area contributed by atoms with Gasteiger partial charge in [0.05, 0.1) is 11.5 Å². The van der Waals surface area contributed by atoms with Crippen molar-refractivity contribution < 1.29 is 27.9 Å². The van der Waals surface area contributed by atoms with Crippen LogP contribution in [0.25, 0.3) is 0 Å². The van der Waals surface area contributed by atoms with Crippen LogP contribution in [0.5, 0.6) is 0 Å². The highest BCUT2D eigenvalue weighted by molar-refractivity contribution is 5.95. The Hall–Kier alpha value is -2.83. The first kappa shape index (κ1) is 21.5. The first-order valence-electron chi connectivity index (χ1n) is 8.73. The number of anilines is 1. The zero-order chi connectivity index (χ0) is 21.1. The van der Waals surface area contributed by atoms with Gasteiger partial charge < -0.3 is 15.2 Å². The van der Waals surface area contributed by atoms with Crippen LogP contribution in [0.15, 0.2) is 42.5 Å². The van der Waals surface area contributed by atoms with Crippen LogP contribution in [0.2, 0.25) is 0 Å². The molecule has 2 rings (SSSR count). The van der Waals surface area contributed by atoms with Gasteiger partial charge in [-0.05, 0) is 44.0 Å². The molecule has 7 heteroatoms. The highest BCUT2D eigenvalue weighted by Crippen LogP contribution is 2.31. The number of carboxylic acids is 1. The van der Waals surface area contributed by atoms with Crippen LogP contribution >= 0.6 is 0 Å². The number of hydrogen-bond acceptors (Lipinski definition) is 3. The van der Waals surface area contributed by atoms with Gasteiger partial charge in [-0.2, -0.15) is 13.2 Å². The molecule has 1 N–H and O–H groups in total. The van der Waals surface area contributed by atoms with Crippen LogP contribution < -0.4 is 10.4 Å². The number of carboxylic acid groups (broad SMARTS) is 1. The average molecular weight is 392 g/mol. The summed E-state index contributed by atoms with van der Waals surface area (Å²) in [5, 5.41) is 13.8. The fourth-order valence-electron chi connectivity index (χ4n) is 3.11. The number of hydrogen-bond donors (Lipinski definition) is 1. The van der Waals surface area contributed by atoms with E-state index < -0.39 is 35.5 Å². The minimum atomic E-state index is -4.54. The van der Waals surface area contributed by atoms with Gasteiger partial charge >= 0.3 is 6.18 Å².